The van der Waals surface area contributed by atoms with Crippen LogP contribution >= 0.6 is 11.3 Å². The van der Waals surface area contributed by atoms with Gasteiger partial charge in [0, 0.05) is 61.3 Å². The summed E-state index contributed by atoms with van der Waals surface area (Å²) in [5.74, 6) is 1.07. The Hall–Kier alpha value is -2.38. The maximum atomic E-state index is 12.7. The second-order valence-corrected chi connectivity index (χ2v) is 9.05. The highest BCUT2D eigenvalue weighted by atomic mass is 32.1. The monoisotopic (exact) mass is 395 g/mol. The van der Waals surface area contributed by atoms with E-state index >= 15 is 0 Å². The van der Waals surface area contributed by atoms with Gasteiger partial charge in [0.25, 0.3) is 5.91 Å². The molecule has 146 valence electrons. The minimum atomic E-state index is 0.0308. The van der Waals surface area contributed by atoms with Crippen molar-refractivity contribution in [3.63, 3.8) is 0 Å². The minimum Gasteiger partial charge on any atom is -0.371 e. The highest BCUT2D eigenvalue weighted by Gasteiger charge is 2.28. The highest BCUT2D eigenvalue weighted by molar-refractivity contribution is 7.21. The summed E-state index contributed by atoms with van der Waals surface area (Å²) in [5.41, 5.74) is 2.04. The second kappa shape index (κ2) is 6.60. The first-order valence-electron chi connectivity index (χ1n) is 9.83. The number of piperazine rings is 1. The molecule has 28 heavy (non-hydrogen) atoms. The SMILES string of the molecule is C[C@@H]1CN(C)c2c(sc3ccc4nc(N5CCN(C)CC5)ccc4c23)C(=O)N1. The first-order valence-corrected chi connectivity index (χ1v) is 10.6. The molecule has 1 saturated heterocycles. The Kier molecular flexibility index (Phi) is 4.17. The number of anilines is 2. The van der Waals surface area contributed by atoms with Gasteiger partial charge in [0.1, 0.15) is 10.7 Å². The average Bonchev–Trinajstić information content (AvgIpc) is 3.04. The summed E-state index contributed by atoms with van der Waals surface area (Å²) in [7, 11) is 4.24. The predicted octanol–water partition coefficient (Wildman–Crippen LogP) is 2.77. The number of nitrogens with zero attached hydrogens (tertiary/aromatic N) is 4. The molecule has 1 aromatic carbocycles. The summed E-state index contributed by atoms with van der Waals surface area (Å²) in [6.45, 7) is 6.99. The molecule has 1 atom stereocenters. The van der Waals surface area contributed by atoms with E-state index in [0.717, 1.165) is 70.1 Å². The van der Waals surface area contributed by atoms with Crippen LogP contribution in [0.1, 0.15) is 16.6 Å². The molecule has 1 N–H and O–H groups in total. The summed E-state index contributed by atoms with van der Waals surface area (Å²) < 4.78 is 1.14. The average molecular weight is 396 g/mol. The van der Waals surface area contributed by atoms with Crippen molar-refractivity contribution in [2.24, 2.45) is 0 Å². The molecule has 0 unspecified atom stereocenters. The van der Waals surface area contributed by atoms with Crippen LogP contribution in [0.3, 0.4) is 0 Å². The molecule has 4 heterocycles. The first-order chi connectivity index (χ1) is 13.5. The van der Waals surface area contributed by atoms with Gasteiger partial charge in [-0.15, -0.1) is 11.3 Å². The number of thiophene rings is 1. The van der Waals surface area contributed by atoms with E-state index in [-0.39, 0.29) is 11.9 Å². The summed E-state index contributed by atoms with van der Waals surface area (Å²) >= 11 is 1.58. The molecule has 0 radical (unpaired) electrons. The Morgan fingerprint density at radius 2 is 1.89 bits per heavy atom. The third-order valence-corrected chi connectivity index (χ3v) is 6.97. The summed E-state index contributed by atoms with van der Waals surface area (Å²) in [5, 5.41) is 5.38. The number of nitrogens with one attached hydrogen (secondary N) is 1. The molecule has 2 aliphatic heterocycles. The van der Waals surface area contributed by atoms with Gasteiger partial charge in [-0.3, -0.25) is 4.79 Å². The van der Waals surface area contributed by atoms with Crippen molar-refractivity contribution in [1.29, 1.82) is 0 Å². The van der Waals surface area contributed by atoms with Gasteiger partial charge in [-0.25, -0.2) is 4.98 Å². The normalized spacial score (nSPS) is 21.1. The maximum Gasteiger partial charge on any atom is 0.263 e. The number of carbonyl (C=O) groups excluding carboxylic acids is 1. The number of hydrogen-bond donors (Lipinski definition) is 1. The third kappa shape index (κ3) is 2.81. The molecule has 2 aliphatic rings. The van der Waals surface area contributed by atoms with Gasteiger partial charge in [-0.2, -0.15) is 0 Å². The number of benzene rings is 1. The Bertz CT molecular complexity index is 1070. The second-order valence-electron chi connectivity index (χ2n) is 8.00. The number of likely N-dealkylation sites (N-methyl/N-ethyl adjacent to an activating group) is 2. The van der Waals surface area contributed by atoms with Crippen LogP contribution in [0.5, 0.6) is 0 Å². The number of carbonyl (C=O) groups is 1. The predicted molar refractivity (Wildman–Crippen MR) is 117 cm³/mol. The van der Waals surface area contributed by atoms with E-state index in [1.807, 2.05) is 0 Å². The molecule has 3 aromatic rings. The Morgan fingerprint density at radius 1 is 1.11 bits per heavy atom. The number of pyridine rings is 1. The smallest absolute Gasteiger partial charge is 0.263 e. The van der Waals surface area contributed by atoms with Crippen LogP contribution in [0.2, 0.25) is 0 Å². The molecule has 1 fully saturated rings. The van der Waals surface area contributed by atoms with Crippen molar-refractivity contribution in [1.82, 2.24) is 15.2 Å². The number of hydrogen-bond acceptors (Lipinski definition) is 6. The molecular formula is C21H25N5OS. The Morgan fingerprint density at radius 3 is 2.68 bits per heavy atom. The van der Waals surface area contributed by atoms with Gasteiger partial charge in [0.15, 0.2) is 0 Å². The van der Waals surface area contributed by atoms with Crippen LogP contribution in [-0.2, 0) is 0 Å². The first kappa shape index (κ1) is 17.7. The lowest BCUT2D eigenvalue weighted by Crippen LogP contribution is -2.44. The van der Waals surface area contributed by atoms with Crippen molar-refractivity contribution in [2.45, 2.75) is 13.0 Å². The van der Waals surface area contributed by atoms with Gasteiger partial charge in [-0.05, 0) is 38.2 Å². The molecule has 5 rings (SSSR count). The number of aromatic nitrogens is 1. The number of amides is 1. The maximum absolute atomic E-state index is 12.7. The molecule has 1 amide bonds. The molecule has 7 heteroatoms. The third-order valence-electron chi connectivity index (χ3n) is 5.82. The van der Waals surface area contributed by atoms with Crippen LogP contribution < -0.4 is 15.1 Å². The topological polar surface area (TPSA) is 51.7 Å². The zero-order valence-electron chi connectivity index (χ0n) is 16.5. The van der Waals surface area contributed by atoms with Crippen LogP contribution in [-0.4, -0.2) is 68.7 Å². The quantitative estimate of drug-likeness (QED) is 0.687. The van der Waals surface area contributed by atoms with Crippen LogP contribution in [0.25, 0.3) is 21.0 Å². The van der Waals surface area contributed by atoms with E-state index < -0.39 is 0 Å². The zero-order chi connectivity index (χ0) is 19.4. The van der Waals surface area contributed by atoms with Gasteiger partial charge >= 0.3 is 0 Å². The van der Waals surface area contributed by atoms with Gasteiger partial charge < -0.3 is 20.0 Å². The van der Waals surface area contributed by atoms with Gasteiger partial charge in [0.05, 0.1) is 11.2 Å². The highest BCUT2D eigenvalue weighted by Crippen LogP contribution is 2.42. The van der Waals surface area contributed by atoms with Crippen molar-refractivity contribution >= 4 is 49.7 Å². The molecule has 0 aliphatic carbocycles. The number of fused-ring (bicyclic) bond motifs is 5. The van der Waals surface area contributed by atoms with Crippen molar-refractivity contribution in [3.8, 4) is 0 Å². The molecule has 6 nitrogen and oxygen atoms in total. The number of rotatable bonds is 1. The zero-order valence-corrected chi connectivity index (χ0v) is 17.3. The van der Waals surface area contributed by atoms with Crippen molar-refractivity contribution in [3.05, 3.63) is 29.1 Å². The lowest BCUT2D eigenvalue weighted by atomic mass is 10.1. The van der Waals surface area contributed by atoms with Gasteiger partial charge in [-0.1, -0.05) is 0 Å². The fourth-order valence-corrected chi connectivity index (χ4v) is 5.51. The van der Waals surface area contributed by atoms with E-state index in [1.165, 1.54) is 0 Å². The lowest BCUT2D eigenvalue weighted by Gasteiger charge is -2.33. The molecule has 0 saturated carbocycles. The van der Waals surface area contributed by atoms with E-state index in [2.05, 4.69) is 65.3 Å². The fourth-order valence-electron chi connectivity index (χ4n) is 4.34. The fraction of sp³-hybridized carbons (Fsp3) is 0.429. The summed E-state index contributed by atoms with van der Waals surface area (Å²) in [4.78, 5) is 25.4. The van der Waals surface area contributed by atoms with Crippen LogP contribution in [0.15, 0.2) is 24.3 Å². The van der Waals surface area contributed by atoms with Crippen molar-refractivity contribution in [2.75, 3.05) is 56.6 Å². The minimum absolute atomic E-state index is 0.0308. The molecule has 0 bridgehead atoms. The molecular weight excluding hydrogens is 370 g/mol. The van der Waals surface area contributed by atoms with E-state index in [9.17, 15) is 4.79 Å². The Labute approximate surface area is 168 Å². The molecule has 0 spiro atoms. The van der Waals surface area contributed by atoms with E-state index in [0.29, 0.717) is 0 Å². The largest absolute Gasteiger partial charge is 0.371 e. The summed E-state index contributed by atoms with van der Waals surface area (Å²) in [6, 6.07) is 8.65. The summed E-state index contributed by atoms with van der Waals surface area (Å²) in [6.07, 6.45) is 0. The lowest BCUT2D eigenvalue weighted by molar-refractivity contribution is 0.0949. The Balaban J connectivity index is 1.65. The molecule has 2 aromatic heterocycles. The van der Waals surface area contributed by atoms with Crippen LogP contribution in [0, 0.1) is 0 Å². The van der Waals surface area contributed by atoms with E-state index in [4.69, 9.17) is 4.98 Å². The standard InChI is InChI=1S/C21H25N5OS/c1-13-12-25(3)19-18-14-4-7-17(26-10-8-24(2)9-11-26)23-15(14)5-6-16(18)28-20(19)21(27)22-13/h4-7,13H,8-12H2,1-3H3,(H,22,27)/t13-/m1/s1. The van der Waals surface area contributed by atoms with Crippen LogP contribution in [0.4, 0.5) is 11.5 Å². The van der Waals surface area contributed by atoms with Gasteiger partial charge in [0.2, 0.25) is 0 Å². The van der Waals surface area contributed by atoms with E-state index in [1.54, 1.807) is 11.3 Å². The van der Waals surface area contributed by atoms with Crippen molar-refractivity contribution < 1.29 is 4.79 Å².